The number of nitrogens with zero attached hydrogens (tertiary/aromatic N) is 3. The molecule has 0 atom stereocenters. The molecule has 2 aromatic heterocycles. The molecule has 0 aliphatic carbocycles. The van der Waals surface area contributed by atoms with Gasteiger partial charge in [0, 0.05) is 26.8 Å². The molecule has 5 nitrogen and oxygen atoms in total. The van der Waals surface area contributed by atoms with Crippen LogP contribution in [0.25, 0.3) is 5.65 Å². The highest BCUT2D eigenvalue weighted by Crippen LogP contribution is 2.15. The van der Waals surface area contributed by atoms with Gasteiger partial charge in [-0.15, -0.1) is 0 Å². The summed E-state index contributed by atoms with van der Waals surface area (Å²) in [7, 11) is -1.03. The smallest absolute Gasteiger partial charge is 0.159 e. The quantitative estimate of drug-likeness (QED) is 0.385. The predicted octanol–water partition coefficient (Wildman–Crippen LogP) is 3.11. The Labute approximate surface area is 118 Å². The second kappa shape index (κ2) is 5.90. The summed E-state index contributed by atoms with van der Waals surface area (Å²) in [5, 5.41) is 7.79. The molecule has 0 fully saturated rings. The molecule has 0 aliphatic rings. The molecule has 0 saturated carbocycles. The van der Waals surface area contributed by atoms with E-state index in [1.165, 1.54) is 0 Å². The van der Waals surface area contributed by atoms with Crippen molar-refractivity contribution in [3.8, 4) is 0 Å². The number of hydrogen-bond acceptors (Lipinski definition) is 4. The van der Waals surface area contributed by atoms with E-state index in [0.29, 0.717) is 11.9 Å². The molecule has 0 amide bonds. The summed E-state index contributed by atoms with van der Waals surface area (Å²) in [5.41, 5.74) is 0.720. The van der Waals surface area contributed by atoms with E-state index in [1.54, 1.807) is 16.8 Å². The molecule has 2 heterocycles. The summed E-state index contributed by atoms with van der Waals surface area (Å²) < 4.78 is 7.30. The Morgan fingerprint density at radius 3 is 2.95 bits per heavy atom. The van der Waals surface area contributed by atoms with Gasteiger partial charge in [0.2, 0.25) is 0 Å². The first-order chi connectivity index (χ1) is 8.96. The largest absolute Gasteiger partial charge is 0.362 e. The highest BCUT2D eigenvalue weighted by molar-refractivity contribution is 6.76. The van der Waals surface area contributed by atoms with Gasteiger partial charge in [0.05, 0.1) is 6.20 Å². The Balaban J connectivity index is 1.89. The van der Waals surface area contributed by atoms with Crippen LogP contribution in [0.4, 0.5) is 5.82 Å². The molecule has 1 N–H and O–H groups in total. The van der Waals surface area contributed by atoms with Crippen molar-refractivity contribution in [3.63, 3.8) is 0 Å². The van der Waals surface area contributed by atoms with E-state index in [0.717, 1.165) is 24.1 Å². The van der Waals surface area contributed by atoms with Gasteiger partial charge in [-0.2, -0.15) is 9.61 Å². The lowest BCUT2D eigenvalue weighted by Crippen LogP contribution is -2.22. The second-order valence-corrected chi connectivity index (χ2v) is 11.6. The molecule has 0 saturated heterocycles. The molecule has 0 aromatic carbocycles. The first kappa shape index (κ1) is 14.3. The fraction of sp³-hybridized carbons (Fsp3) is 0.500. The zero-order valence-electron chi connectivity index (χ0n) is 11.5. The monoisotopic (exact) mass is 298 g/mol. The van der Waals surface area contributed by atoms with E-state index in [-0.39, 0.29) is 0 Å². The highest BCUT2D eigenvalue weighted by atomic mass is 35.5. The molecule has 2 rings (SSSR count). The third kappa shape index (κ3) is 4.19. The molecule has 0 aliphatic heterocycles. The number of aromatic nitrogens is 3. The van der Waals surface area contributed by atoms with Crippen molar-refractivity contribution < 1.29 is 4.74 Å². The van der Waals surface area contributed by atoms with Crippen LogP contribution in [0.3, 0.4) is 0 Å². The number of halogens is 1. The Kier molecular flexibility index (Phi) is 4.44. The van der Waals surface area contributed by atoms with Gasteiger partial charge in [-0.25, -0.2) is 4.98 Å². The second-order valence-electron chi connectivity index (χ2n) is 5.61. The SMILES string of the molecule is C[Si](C)(C)CCOCNc1cc(Cl)nc2ccnn12. The molecule has 19 heavy (non-hydrogen) atoms. The maximum Gasteiger partial charge on any atom is 0.159 e. The predicted molar refractivity (Wildman–Crippen MR) is 80.6 cm³/mol. The maximum absolute atomic E-state index is 5.95. The minimum Gasteiger partial charge on any atom is -0.362 e. The topological polar surface area (TPSA) is 51.5 Å². The highest BCUT2D eigenvalue weighted by Gasteiger charge is 2.12. The summed E-state index contributed by atoms with van der Waals surface area (Å²) in [6, 6.07) is 4.70. The van der Waals surface area contributed by atoms with Gasteiger partial charge in [0.1, 0.15) is 17.7 Å². The van der Waals surface area contributed by atoms with Crippen molar-refractivity contribution >= 4 is 31.1 Å². The minimum absolute atomic E-state index is 0.442. The van der Waals surface area contributed by atoms with Gasteiger partial charge in [-0.05, 0) is 6.04 Å². The molecule has 0 unspecified atom stereocenters. The summed E-state index contributed by atoms with van der Waals surface area (Å²) >= 11 is 5.95. The van der Waals surface area contributed by atoms with Crippen LogP contribution in [-0.2, 0) is 4.74 Å². The van der Waals surface area contributed by atoms with E-state index in [9.17, 15) is 0 Å². The van der Waals surface area contributed by atoms with Crippen molar-refractivity contribution in [2.24, 2.45) is 0 Å². The van der Waals surface area contributed by atoms with Crippen LogP contribution in [0.5, 0.6) is 0 Å². The molecule has 7 heteroatoms. The van der Waals surface area contributed by atoms with Crippen LogP contribution in [-0.4, -0.2) is 36.0 Å². The van der Waals surface area contributed by atoms with Crippen LogP contribution in [0.1, 0.15) is 0 Å². The van der Waals surface area contributed by atoms with Gasteiger partial charge in [0.15, 0.2) is 5.65 Å². The molecule has 0 radical (unpaired) electrons. The summed E-state index contributed by atoms with van der Waals surface area (Å²) in [6.07, 6.45) is 1.69. The maximum atomic E-state index is 5.95. The summed E-state index contributed by atoms with van der Waals surface area (Å²) in [4.78, 5) is 4.16. The molecule has 0 spiro atoms. The first-order valence-electron chi connectivity index (χ1n) is 6.28. The van der Waals surface area contributed by atoms with Gasteiger partial charge in [-0.1, -0.05) is 31.2 Å². The minimum atomic E-state index is -1.03. The Hall–Kier alpha value is -1.11. The first-order valence-corrected chi connectivity index (χ1v) is 10.4. The molecule has 0 bridgehead atoms. The van der Waals surface area contributed by atoms with Crippen molar-refractivity contribution in [2.45, 2.75) is 25.7 Å². The third-order valence-electron chi connectivity index (χ3n) is 2.68. The molecular weight excluding hydrogens is 280 g/mol. The van der Waals surface area contributed by atoms with Crippen LogP contribution < -0.4 is 5.32 Å². The Morgan fingerprint density at radius 1 is 1.42 bits per heavy atom. The van der Waals surface area contributed by atoms with Crippen LogP contribution >= 0.6 is 11.6 Å². The number of rotatable bonds is 6. The lowest BCUT2D eigenvalue weighted by molar-refractivity contribution is 0.165. The number of nitrogens with one attached hydrogen (secondary N) is 1. The van der Waals surface area contributed by atoms with Crippen LogP contribution in [0, 0.1) is 0 Å². The standard InChI is InChI=1S/C12H19ClN4OSi/c1-19(2,3)7-6-18-9-14-12-8-10(13)16-11-4-5-15-17(11)12/h4-5,8,14H,6-7,9H2,1-3H3. The van der Waals surface area contributed by atoms with E-state index in [4.69, 9.17) is 16.3 Å². The number of ether oxygens (including phenoxy) is 1. The zero-order valence-corrected chi connectivity index (χ0v) is 13.2. The summed E-state index contributed by atoms with van der Waals surface area (Å²) in [6.45, 7) is 8.22. The summed E-state index contributed by atoms with van der Waals surface area (Å²) in [5.74, 6) is 0.785. The molecule has 104 valence electrons. The average Bonchev–Trinajstić information content (AvgIpc) is 2.74. The zero-order chi connectivity index (χ0) is 13.9. The van der Waals surface area contributed by atoms with Crippen LogP contribution in [0.15, 0.2) is 18.3 Å². The Morgan fingerprint density at radius 2 is 2.21 bits per heavy atom. The van der Waals surface area contributed by atoms with Gasteiger partial charge >= 0.3 is 0 Å². The van der Waals surface area contributed by atoms with Crippen molar-refractivity contribution in [1.82, 2.24) is 14.6 Å². The normalized spacial score (nSPS) is 12.0. The van der Waals surface area contributed by atoms with E-state index >= 15 is 0 Å². The van der Waals surface area contributed by atoms with Crippen molar-refractivity contribution in [3.05, 3.63) is 23.5 Å². The van der Waals surface area contributed by atoms with E-state index < -0.39 is 8.07 Å². The van der Waals surface area contributed by atoms with E-state index in [1.807, 2.05) is 6.07 Å². The van der Waals surface area contributed by atoms with Gasteiger partial charge in [0.25, 0.3) is 0 Å². The Bertz CT molecular complexity index is 552. The number of fused-ring (bicyclic) bond motifs is 1. The average molecular weight is 299 g/mol. The molecule has 2 aromatic rings. The lowest BCUT2D eigenvalue weighted by atomic mass is 10.5. The fourth-order valence-electron chi connectivity index (χ4n) is 1.58. The fourth-order valence-corrected chi connectivity index (χ4v) is 2.53. The lowest BCUT2D eigenvalue weighted by Gasteiger charge is -2.16. The molecular formula is C12H19ClN4OSi. The van der Waals surface area contributed by atoms with Crippen molar-refractivity contribution in [1.29, 1.82) is 0 Å². The van der Waals surface area contributed by atoms with Crippen molar-refractivity contribution in [2.75, 3.05) is 18.7 Å². The number of anilines is 1. The van der Waals surface area contributed by atoms with Gasteiger partial charge in [-0.3, -0.25) is 0 Å². The van der Waals surface area contributed by atoms with Crippen LogP contribution in [0.2, 0.25) is 30.8 Å². The van der Waals surface area contributed by atoms with Gasteiger partial charge < -0.3 is 10.1 Å². The number of hydrogen-bond donors (Lipinski definition) is 1. The third-order valence-corrected chi connectivity index (χ3v) is 4.58. The van der Waals surface area contributed by atoms with E-state index in [2.05, 4.69) is 35.0 Å².